The Labute approximate surface area is 164 Å². The van der Waals surface area contributed by atoms with Crippen molar-refractivity contribution in [1.82, 2.24) is 5.32 Å². The van der Waals surface area contributed by atoms with Crippen molar-refractivity contribution < 1.29 is 33.2 Å². The summed E-state index contributed by atoms with van der Waals surface area (Å²) in [7, 11) is -2.26. The number of carbonyl (C=O) groups excluding carboxylic acids is 2. The molecule has 0 spiro atoms. The number of nitro benzene ring substituents is 1. The predicted molar refractivity (Wildman–Crippen MR) is 101 cm³/mol. The standard InChI is InChI=1S/C17H25N2O8P/c1-4-25-16(21)9-10-18-15(20)11-17(2,3)12-26-28(24)27-14-7-5-13(6-8-14)19(22)23/h5-8,24H,4,9-12H2,1-3H3,(H,18,20). The smallest absolute Gasteiger partial charge is 0.394 e. The summed E-state index contributed by atoms with van der Waals surface area (Å²) in [6.07, 6.45) is 0.220. The highest BCUT2D eigenvalue weighted by molar-refractivity contribution is 7.41. The van der Waals surface area contributed by atoms with Gasteiger partial charge in [-0.05, 0) is 24.5 Å². The van der Waals surface area contributed by atoms with E-state index in [9.17, 15) is 24.6 Å². The third-order valence-corrected chi connectivity index (χ3v) is 4.11. The van der Waals surface area contributed by atoms with Gasteiger partial charge in [-0.2, -0.15) is 0 Å². The summed E-state index contributed by atoms with van der Waals surface area (Å²) in [5, 5.41) is 13.2. The summed E-state index contributed by atoms with van der Waals surface area (Å²) in [6.45, 7) is 5.81. The van der Waals surface area contributed by atoms with Gasteiger partial charge in [0.05, 0.1) is 24.6 Å². The quantitative estimate of drug-likeness (QED) is 0.230. The van der Waals surface area contributed by atoms with Crippen molar-refractivity contribution in [3.05, 3.63) is 34.4 Å². The molecule has 1 aromatic rings. The first kappa shape index (κ1) is 23.7. The molecular weight excluding hydrogens is 391 g/mol. The molecule has 156 valence electrons. The number of carbonyl (C=O) groups is 2. The minimum absolute atomic E-state index is 0.0491. The van der Waals surface area contributed by atoms with Crippen LogP contribution in [0.25, 0.3) is 0 Å². The second-order valence-electron chi connectivity index (χ2n) is 6.60. The number of hydrogen-bond donors (Lipinski definition) is 2. The maximum absolute atomic E-state index is 12.0. The lowest BCUT2D eigenvalue weighted by atomic mass is 9.90. The molecule has 1 amide bonds. The van der Waals surface area contributed by atoms with Crippen molar-refractivity contribution in [1.29, 1.82) is 0 Å². The molecule has 0 radical (unpaired) electrons. The van der Waals surface area contributed by atoms with E-state index in [1.807, 2.05) is 0 Å². The van der Waals surface area contributed by atoms with Gasteiger partial charge in [0.2, 0.25) is 5.91 Å². The van der Waals surface area contributed by atoms with Gasteiger partial charge in [-0.3, -0.25) is 19.7 Å². The van der Waals surface area contributed by atoms with E-state index in [1.54, 1.807) is 20.8 Å². The second kappa shape index (κ2) is 11.5. The third-order valence-electron chi connectivity index (χ3n) is 3.39. The molecule has 11 heteroatoms. The summed E-state index contributed by atoms with van der Waals surface area (Å²) in [5.74, 6) is -0.398. The average molecular weight is 416 g/mol. The van der Waals surface area contributed by atoms with E-state index < -0.39 is 18.9 Å². The van der Waals surface area contributed by atoms with Crippen LogP contribution in [0, 0.1) is 15.5 Å². The fourth-order valence-electron chi connectivity index (χ4n) is 2.06. The molecule has 1 atom stereocenters. The van der Waals surface area contributed by atoms with Gasteiger partial charge in [-0.15, -0.1) is 0 Å². The Hall–Kier alpha value is -2.29. The second-order valence-corrected chi connectivity index (χ2v) is 7.52. The molecule has 0 heterocycles. The van der Waals surface area contributed by atoms with Crippen LogP contribution in [0.15, 0.2) is 24.3 Å². The molecule has 28 heavy (non-hydrogen) atoms. The summed E-state index contributed by atoms with van der Waals surface area (Å²) in [5.41, 5.74) is -0.679. The molecule has 0 saturated carbocycles. The highest BCUT2D eigenvalue weighted by atomic mass is 31.2. The number of ether oxygens (including phenoxy) is 1. The Kier molecular flexibility index (Phi) is 9.78. The van der Waals surface area contributed by atoms with Gasteiger partial charge in [0, 0.05) is 25.1 Å². The Balaban J connectivity index is 2.35. The monoisotopic (exact) mass is 416 g/mol. The lowest BCUT2D eigenvalue weighted by Crippen LogP contribution is -2.32. The minimum atomic E-state index is -2.26. The zero-order valence-electron chi connectivity index (χ0n) is 16.0. The number of rotatable bonds is 12. The van der Waals surface area contributed by atoms with Gasteiger partial charge >= 0.3 is 14.6 Å². The van der Waals surface area contributed by atoms with Crippen molar-refractivity contribution in [3.8, 4) is 5.75 Å². The van der Waals surface area contributed by atoms with Crippen LogP contribution in [0.5, 0.6) is 5.75 Å². The topological polar surface area (TPSA) is 137 Å². The van der Waals surface area contributed by atoms with Crippen LogP contribution in [0.4, 0.5) is 5.69 Å². The van der Waals surface area contributed by atoms with Gasteiger partial charge in [0.25, 0.3) is 5.69 Å². The van der Waals surface area contributed by atoms with Crippen LogP contribution >= 0.6 is 8.60 Å². The number of esters is 1. The minimum Gasteiger partial charge on any atom is -0.466 e. The first-order chi connectivity index (χ1) is 13.1. The zero-order chi connectivity index (χ0) is 21.2. The van der Waals surface area contributed by atoms with Crippen LogP contribution in [-0.2, 0) is 18.8 Å². The molecule has 0 saturated heterocycles. The molecule has 0 aliphatic carbocycles. The van der Waals surface area contributed by atoms with E-state index in [2.05, 4.69) is 5.32 Å². The zero-order valence-corrected chi connectivity index (χ0v) is 16.9. The number of benzene rings is 1. The molecule has 0 aliphatic rings. The van der Waals surface area contributed by atoms with Crippen LogP contribution in [0.1, 0.15) is 33.6 Å². The first-order valence-electron chi connectivity index (χ1n) is 8.59. The number of nitrogens with one attached hydrogen (secondary N) is 1. The van der Waals surface area contributed by atoms with Crippen molar-refractivity contribution in [2.45, 2.75) is 33.6 Å². The number of nitro groups is 1. The van der Waals surface area contributed by atoms with E-state index in [0.717, 1.165) is 0 Å². The van der Waals surface area contributed by atoms with Crippen molar-refractivity contribution in [3.63, 3.8) is 0 Å². The SMILES string of the molecule is CCOC(=O)CCNC(=O)CC(C)(C)COP(O)Oc1ccc([N+](=O)[O-])cc1. The highest BCUT2D eigenvalue weighted by Gasteiger charge is 2.25. The Morgan fingerprint density at radius 3 is 2.50 bits per heavy atom. The average Bonchev–Trinajstić information content (AvgIpc) is 2.60. The maximum Gasteiger partial charge on any atom is 0.394 e. The summed E-state index contributed by atoms with van der Waals surface area (Å²) in [4.78, 5) is 43.1. The van der Waals surface area contributed by atoms with E-state index in [-0.39, 0.29) is 49.3 Å². The molecule has 1 aromatic carbocycles. The fourth-order valence-corrected chi connectivity index (χ4v) is 2.88. The summed E-state index contributed by atoms with van der Waals surface area (Å²) < 4.78 is 15.2. The van der Waals surface area contributed by atoms with Crippen LogP contribution < -0.4 is 9.84 Å². The summed E-state index contributed by atoms with van der Waals surface area (Å²) in [6, 6.07) is 5.22. The fraction of sp³-hybridized carbons (Fsp3) is 0.529. The Morgan fingerprint density at radius 1 is 1.29 bits per heavy atom. The third kappa shape index (κ3) is 9.59. The Morgan fingerprint density at radius 2 is 1.93 bits per heavy atom. The molecular formula is C17H25N2O8P. The number of non-ortho nitro benzene ring substituents is 1. The lowest BCUT2D eigenvalue weighted by Gasteiger charge is -2.24. The van der Waals surface area contributed by atoms with Gasteiger partial charge in [0.15, 0.2) is 0 Å². The lowest BCUT2D eigenvalue weighted by molar-refractivity contribution is -0.384. The van der Waals surface area contributed by atoms with E-state index in [0.29, 0.717) is 6.61 Å². The van der Waals surface area contributed by atoms with E-state index in [4.69, 9.17) is 13.8 Å². The van der Waals surface area contributed by atoms with Crippen LogP contribution in [0.3, 0.4) is 0 Å². The van der Waals surface area contributed by atoms with Crippen LogP contribution in [-0.4, -0.2) is 41.5 Å². The molecule has 0 aliphatic heterocycles. The van der Waals surface area contributed by atoms with Gasteiger partial charge in [-0.1, -0.05) is 13.8 Å². The van der Waals surface area contributed by atoms with Crippen LogP contribution in [0.2, 0.25) is 0 Å². The number of nitrogens with zero attached hydrogens (tertiary/aromatic N) is 1. The number of hydrogen-bond acceptors (Lipinski definition) is 8. The molecule has 0 fully saturated rings. The van der Waals surface area contributed by atoms with Crippen molar-refractivity contribution in [2.24, 2.45) is 5.41 Å². The molecule has 10 nitrogen and oxygen atoms in total. The van der Waals surface area contributed by atoms with Gasteiger partial charge in [-0.25, -0.2) is 0 Å². The number of amides is 1. The van der Waals surface area contributed by atoms with Crippen molar-refractivity contribution >= 4 is 26.2 Å². The van der Waals surface area contributed by atoms with Crippen molar-refractivity contribution in [2.75, 3.05) is 19.8 Å². The maximum atomic E-state index is 12.0. The Bertz CT molecular complexity index is 666. The molecule has 1 unspecified atom stereocenters. The van der Waals surface area contributed by atoms with E-state index in [1.165, 1.54) is 24.3 Å². The van der Waals surface area contributed by atoms with E-state index >= 15 is 0 Å². The highest BCUT2D eigenvalue weighted by Crippen LogP contribution is 2.37. The predicted octanol–water partition coefficient (Wildman–Crippen LogP) is 2.70. The normalized spacial score (nSPS) is 12.1. The first-order valence-corrected chi connectivity index (χ1v) is 9.72. The molecule has 0 aromatic heterocycles. The molecule has 1 rings (SSSR count). The molecule has 0 bridgehead atoms. The molecule has 2 N–H and O–H groups in total. The van der Waals surface area contributed by atoms with Gasteiger partial charge < -0.3 is 24.0 Å². The largest absolute Gasteiger partial charge is 0.466 e. The van der Waals surface area contributed by atoms with Gasteiger partial charge in [0.1, 0.15) is 5.75 Å². The summed E-state index contributed by atoms with van der Waals surface area (Å²) >= 11 is 0.